The number of hydrogen-bond acceptors (Lipinski definition) is 6. The Balaban J connectivity index is 1.59. The first kappa shape index (κ1) is 18.8. The number of ketones is 1. The quantitative estimate of drug-likeness (QED) is 0.700. The van der Waals surface area contributed by atoms with E-state index in [9.17, 15) is 13.2 Å². The molecule has 0 saturated heterocycles. The van der Waals surface area contributed by atoms with Crippen LogP contribution < -0.4 is 10.0 Å². The van der Waals surface area contributed by atoms with Crippen molar-refractivity contribution < 1.29 is 13.2 Å². The Hall–Kier alpha value is -1.98. The van der Waals surface area contributed by atoms with Gasteiger partial charge in [0.25, 0.3) is 0 Å². The van der Waals surface area contributed by atoms with Crippen LogP contribution in [0, 0.1) is 28.1 Å². The van der Waals surface area contributed by atoms with Gasteiger partial charge < -0.3 is 5.32 Å². The van der Waals surface area contributed by atoms with Crippen LogP contribution in [0.5, 0.6) is 0 Å². The van der Waals surface area contributed by atoms with E-state index in [0.717, 1.165) is 6.42 Å². The maximum absolute atomic E-state index is 12.6. The number of pyridine rings is 1. The van der Waals surface area contributed by atoms with Crippen LogP contribution in [0.3, 0.4) is 0 Å². The first-order chi connectivity index (χ1) is 12.2. The van der Waals surface area contributed by atoms with E-state index in [2.05, 4.69) is 15.0 Å². The fourth-order valence-electron chi connectivity index (χ4n) is 4.51. The first-order valence-electron chi connectivity index (χ1n) is 8.81. The standard InChI is InChI=1S/C18H24N4O3S/c1-17(2)14-5-6-18(17,15(23)10-14)12-26(24,25)22-9-8-21-16-13(11-19)4-3-7-20-16/h3-4,7,14,22H,5-6,8-10,12H2,1-2H3,(H,20,21). The number of rotatable bonds is 7. The molecule has 2 unspecified atom stereocenters. The van der Waals surface area contributed by atoms with Crippen LogP contribution in [0.4, 0.5) is 5.82 Å². The summed E-state index contributed by atoms with van der Waals surface area (Å²) in [6, 6.07) is 5.34. The Labute approximate surface area is 154 Å². The number of nitrogens with zero attached hydrogens (tertiary/aromatic N) is 2. The number of carbonyl (C=O) groups is 1. The number of Topliss-reactive ketones (excluding diaryl/α,β-unsaturated/α-hetero) is 1. The minimum Gasteiger partial charge on any atom is -0.368 e. The van der Waals surface area contributed by atoms with Gasteiger partial charge in [0.05, 0.1) is 11.3 Å². The Morgan fingerprint density at radius 2 is 2.15 bits per heavy atom. The summed E-state index contributed by atoms with van der Waals surface area (Å²) >= 11 is 0. The zero-order chi connectivity index (χ0) is 19.0. The topological polar surface area (TPSA) is 112 Å². The zero-order valence-corrected chi connectivity index (χ0v) is 15.9. The SMILES string of the molecule is CC1(C)C2CCC1(CS(=O)(=O)NCCNc1ncccc1C#N)C(=O)C2. The molecular formula is C18H24N4O3S. The molecule has 2 aliphatic rings. The van der Waals surface area contributed by atoms with Gasteiger partial charge >= 0.3 is 0 Å². The van der Waals surface area contributed by atoms with E-state index in [0.29, 0.717) is 36.7 Å². The van der Waals surface area contributed by atoms with Crippen molar-refractivity contribution in [1.29, 1.82) is 5.26 Å². The van der Waals surface area contributed by atoms with Gasteiger partial charge in [-0.25, -0.2) is 18.1 Å². The van der Waals surface area contributed by atoms with Crippen LogP contribution in [0.1, 0.15) is 38.7 Å². The molecule has 7 nitrogen and oxygen atoms in total. The van der Waals surface area contributed by atoms with Crippen LogP contribution in [0.15, 0.2) is 18.3 Å². The van der Waals surface area contributed by atoms with Gasteiger partial charge in [-0.05, 0) is 36.3 Å². The molecule has 1 aromatic rings. The number of fused-ring (bicyclic) bond motifs is 2. The van der Waals surface area contributed by atoms with Gasteiger partial charge in [-0.2, -0.15) is 5.26 Å². The molecule has 0 amide bonds. The van der Waals surface area contributed by atoms with E-state index >= 15 is 0 Å². The average Bonchev–Trinajstić information content (AvgIpc) is 2.93. The molecular weight excluding hydrogens is 352 g/mol. The minimum absolute atomic E-state index is 0.0920. The fraction of sp³-hybridized carbons (Fsp3) is 0.611. The number of carbonyl (C=O) groups excluding carboxylic acids is 1. The molecule has 140 valence electrons. The van der Waals surface area contributed by atoms with Crippen LogP contribution in [0.25, 0.3) is 0 Å². The lowest BCUT2D eigenvalue weighted by atomic mass is 9.70. The van der Waals surface area contributed by atoms with Crippen molar-refractivity contribution in [1.82, 2.24) is 9.71 Å². The van der Waals surface area contributed by atoms with Crippen LogP contribution in [-0.4, -0.2) is 38.0 Å². The maximum atomic E-state index is 12.6. The third-order valence-electron chi connectivity index (χ3n) is 6.24. The van der Waals surface area contributed by atoms with Gasteiger partial charge in [0.1, 0.15) is 17.7 Å². The van der Waals surface area contributed by atoms with E-state index in [1.807, 2.05) is 19.9 Å². The lowest BCUT2D eigenvalue weighted by Gasteiger charge is -2.36. The molecule has 3 rings (SSSR count). The summed E-state index contributed by atoms with van der Waals surface area (Å²) in [5.41, 5.74) is -0.622. The van der Waals surface area contributed by atoms with Crippen LogP contribution in [0.2, 0.25) is 0 Å². The molecule has 2 bridgehead atoms. The minimum atomic E-state index is -3.58. The number of sulfonamides is 1. The van der Waals surface area contributed by atoms with Gasteiger partial charge in [0, 0.05) is 31.1 Å². The monoisotopic (exact) mass is 376 g/mol. The largest absolute Gasteiger partial charge is 0.368 e. The molecule has 2 aliphatic carbocycles. The van der Waals surface area contributed by atoms with E-state index < -0.39 is 15.4 Å². The predicted octanol–water partition coefficient (Wildman–Crippen LogP) is 1.68. The van der Waals surface area contributed by atoms with Gasteiger partial charge in [-0.15, -0.1) is 0 Å². The van der Waals surface area contributed by atoms with Crippen molar-refractivity contribution in [3.05, 3.63) is 23.9 Å². The average molecular weight is 376 g/mol. The van der Waals surface area contributed by atoms with Crippen LogP contribution in [-0.2, 0) is 14.8 Å². The lowest BCUT2D eigenvalue weighted by Crippen LogP contribution is -2.45. The summed E-state index contributed by atoms with van der Waals surface area (Å²) in [6.07, 6.45) is 3.64. The summed E-state index contributed by atoms with van der Waals surface area (Å²) in [6.45, 7) is 4.52. The van der Waals surface area contributed by atoms with Gasteiger partial charge in [-0.3, -0.25) is 4.79 Å². The molecule has 2 saturated carbocycles. The molecule has 8 heteroatoms. The summed E-state index contributed by atoms with van der Waals surface area (Å²) in [4.78, 5) is 16.6. The molecule has 2 atom stereocenters. The summed E-state index contributed by atoms with van der Waals surface area (Å²) in [5.74, 6) is 0.670. The number of nitriles is 1. The van der Waals surface area contributed by atoms with Crippen molar-refractivity contribution in [2.45, 2.75) is 33.1 Å². The Morgan fingerprint density at radius 3 is 2.77 bits per heavy atom. The van der Waals surface area contributed by atoms with E-state index in [4.69, 9.17) is 5.26 Å². The number of anilines is 1. The second-order valence-electron chi connectivity index (χ2n) is 7.76. The number of aromatic nitrogens is 1. The highest BCUT2D eigenvalue weighted by Crippen LogP contribution is 2.64. The normalized spacial score (nSPS) is 26.7. The molecule has 0 aliphatic heterocycles. The van der Waals surface area contributed by atoms with Crippen molar-refractivity contribution in [3.8, 4) is 6.07 Å². The van der Waals surface area contributed by atoms with E-state index in [1.165, 1.54) is 0 Å². The highest BCUT2D eigenvalue weighted by Gasteiger charge is 2.65. The van der Waals surface area contributed by atoms with E-state index in [1.54, 1.807) is 18.3 Å². The van der Waals surface area contributed by atoms with Crippen LogP contribution >= 0.6 is 0 Å². The molecule has 0 aromatic carbocycles. The van der Waals surface area contributed by atoms with Crippen molar-refractivity contribution >= 4 is 21.6 Å². The Bertz CT molecular complexity index is 859. The first-order valence-corrected chi connectivity index (χ1v) is 10.5. The molecule has 1 heterocycles. The lowest BCUT2D eigenvalue weighted by molar-refractivity contribution is -0.128. The van der Waals surface area contributed by atoms with Gasteiger partial charge in [0.2, 0.25) is 10.0 Å². The maximum Gasteiger partial charge on any atom is 0.212 e. The van der Waals surface area contributed by atoms with E-state index in [-0.39, 0.29) is 23.5 Å². The third-order valence-corrected chi connectivity index (χ3v) is 7.76. The van der Waals surface area contributed by atoms with Gasteiger partial charge in [0.15, 0.2) is 0 Å². The summed E-state index contributed by atoms with van der Waals surface area (Å²) in [7, 11) is -3.58. The van der Waals surface area contributed by atoms with Crippen molar-refractivity contribution in [2.24, 2.45) is 16.7 Å². The molecule has 2 N–H and O–H groups in total. The molecule has 0 spiro atoms. The number of hydrogen-bond donors (Lipinski definition) is 2. The predicted molar refractivity (Wildman–Crippen MR) is 97.8 cm³/mol. The molecule has 1 aromatic heterocycles. The molecule has 0 radical (unpaired) electrons. The third kappa shape index (κ3) is 3.10. The molecule has 2 fully saturated rings. The highest BCUT2D eigenvalue weighted by molar-refractivity contribution is 7.89. The highest BCUT2D eigenvalue weighted by atomic mass is 32.2. The Kier molecular flexibility index (Phi) is 4.80. The van der Waals surface area contributed by atoms with Gasteiger partial charge in [-0.1, -0.05) is 13.8 Å². The van der Waals surface area contributed by atoms with Crippen molar-refractivity contribution in [2.75, 3.05) is 24.2 Å². The Morgan fingerprint density at radius 1 is 1.38 bits per heavy atom. The zero-order valence-electron chi connectivity index (χ0n) is 15.1. The summed E-state index contributed by atoms with van der Waals surface area (Å²) < 4.78 is 27.7. The van der Waals surface area contributed by atoms with Crippen molar-refractivity contribution in [3.63, 3.8) is 0 Å². The second-order valence-corrected chi connectivity index (χ2v) is 9.57. The smallest absolute Gasteiger partial charge is 0.212 e. The second kappa shape index (κ2) is 6.63. The summed E-state index contributed by atoms with van der Waals surface area (Å²) in [5, 5.41) is 12.0. The fourth-order valence-corrected chi connectivity index (χ4v) is 6.35. The molecule has 26 heavy (non-hydrogen) atoms. The number of nitrogens with one attached hydrogen (secondary N) is 2.